The maximum atomic E-state index is 12.8. The molecule has 8 nitrogen and oxygen atoms in total. The van der Waals surface area contributed by atoms with E-state index >= 15 is 0 Å². The van der Waals surface area contributed by atoms with Gasteiger partial charge in [-0.15, -0.1) is 5.10 Å². The first-order valence-corrected chi connectivity index (χ1v) is 9.37. The lowest BCUT2D eigenvalue weighted by Crippen LogP contribution is -2.39. The van der Waals surface area contributed by atoms with E-state index < -0.39 is 0 Å². The first-order valence-electron chi connectivity index (χ1n) is 9.37. The number of carbonyl (C=O) groups is 1. The van der Waals surface area contributed by atoms with Gasteiger partial charge in [0.25, 0.3) is 0 Å². The number of nitrogens with zero attached hydrogens (tertiary/aromatic N) is 5. The summed E-state index contributed by atoms with van der Waals surface area (Å²) >= 11 is 0. The molecular formula is C18H28N6O2. The molecule has 2 aromatic heterocycles. The molecule has 1 aliphatic heterocycles. The summed E-state index contributed by atoms with van der Waals surface area (Å²) in [5.74, 6) is 2.94. The van der Waals surface area contributed by atoms with Crippen molar-refractivity contribution in [1.29, 1.82) is 0 Å². The lowest BCUT2D eigenvalue weighted by molar-refractivity contribution is -0.131. The molecule has 0 aliphatic carbocycles. The Labute approximate surface area is 153 Å². The minimum Gasteiger partial charge on any atom is -0.361 e. The zero-order chi connectivity index (χ0) is 18.7. The average Bonchev–Trinajstić information content (AvgIpc) is 3.29. The summed E-state index contributed by atoms with van der Waals surface area (Å²) in [6, 6.07) is 0. The molecule has 2 aromatic rings. The first-order chi connectivity index (χ1) is 12.5. The van der Waals surface area contributed by atoms with Crippen LogP contribution in [0.1, 0.15) is 55.4 Å². The van der Waals surface area contributed by atoms with E-state index in [0.29, 0.717) is 18.3 Å². The molecule has 3 heterocycles. The lowest BCUT2D eigenvalue weighted by atomic mass is 9.95. The molecule has 0 unspecified atom stereocenters. The topological polar surface area (TPSA) is 91.2 Å². The Hall–Kier alpha value is -2.38. The highest BCUT2D eigenvalue weighted by atomic mass is 16.5. The van der Waals surface area contributed by atoms with Crippen molar-refractivity contribution < 1.29 is 9.32 Å². The summed E-state index contributed by atoms with van der Waals surface area (Å²) in [7, 11) is 3.85. The smallest absolute Gasteiger partial charge is 0.244 e. The maximum absolute atomic E-state index is 12.8. The Morgan fingerprint density at radius 3 is 2.58 bits per heavy atom. The molecule has 1 fully saturated rings. The van der Waals surface area contributed by atoms with E-state index in [0.717, 1.165) is 61.6 Å². The second-order valence-electron chi connectivity index (χ2n) is 6.99. The molecular weight excluding hydrogens is 332 g/mol. The van der Waals surface area contributed by atoms with Crippen LogP contribution in [0.4, 0.5) is 5.95 Å². The molecule has 1 N–H and O–H groups in total. The van der Waals surface area contributed by atoms with Crippen LogP contribution in [0.2, 0.25) is 0 Å². The number of hydrogen-bond donors (Lipinski definition) is 1. The van der Waals surface area contributed by atoms with Gasteiger partial charge in [0.15, 0.2) is 0 Å². The minimum atomic E-state index is 0.155. The zero-order valence-electron chi connectivity index (χ0n) is 16.1. The minimum absolute atomic E-state index is 0.155. The monoisotopic (exact) mass is 360 g/mol. The number of carbonyl (C=O) groups excluding carboxylic acids is 1. The SMILES string of the molecule is CCc1noc(CC)c1CC(=O)N1CCC(c2nc(N(C)C)n[nH]2)CC1. The number of likely N-dealkylation sites (tertiary alicyclic amines) is 1. The molecule has 8 heteroatoms. The van der Waals surface area contributed by atoms with E-state index in [1.54, 1.807) is 0 Å². The average molecular weight is 360 g/mol. The summed E-state index contributed by atoms with van der Waals surface area (Å²) < 4.78 is 5.38. The van der Waals surface area contributed by atoms with Gasteiger partial charge in [0.2, 0.25) is 11.9 Å². The number of aromatic amines is 1. The first kappa shape index (κ1) is 18.4. The molecule has 0 atom stereocenters. The number of hydrogen-bond acceptors (Lipinski definition) is 6. The number of H-pyrrole nitrogens is 1. The van der Waals surface area contributed by atoms with Gasteiger partial charge < -0.3 is 14.3 Å². The Morgan fingerprint density at radius 1 is 1.27 bits per heavy atom. The number of amides is 1. The number of aromatic nitrogens is 4. The fourth-order valence-corrected chi connectivity index (χ4v) is 3.45. The number of nitrogens with one attached hydrogen (secondary N) is 1. The summed E-state index contributed by atoms with van der Waals surface area (Å²) in [4.78, 5) is 21.1. The van der Waals surface area contributed by atoms with Gasteiger partial charge in [-0.05, 0) is 19.3 Å². The Morgan fingerprint density at radius 2 is 2.00 bits per heavy atom. The predicted octanol–water partition coefficient (Wildman–Crippen LogP) is 1.93. The predicted molar refractivity (Wildman–Crippen MR) is 98.2 cm³/mol. The van der Waals surface area contributed by atoms with Crippen LogP contribution < -0.4 is 4.90 Å². The Bertz CT molecular complexity index is 721. The van der Waals surface area contributed by atoms with Gasteiger partial charge in [0.1, 0.15) is 11.6 Å². The number of piperidine rings is 1. The molecule has 142 valence electrons. The number of aryl methyl sites for hydroxylation is 2. The number of anilines is 1. The fraction of sp³-hybridized carbons (Fsp3) is 0.667. The molecule has 0 saturated carbocycles. The van der Waals surface area contributed by atoms with Crippen LogP contribution in [0.25, 0.3) is 0 Å². The highest BCUT2D eigenvalue weighted by molar-refractivity contribution is 5.79. The van der Waals surface area contributed by atoms with Gasteiger partial charge in [-0.1, -0.05) is 19.0 Å². The third-order valence-corrected chi connectivity index (χ3v) is 5.06. The van der Waals surface area contributed by atoms with E-state index in [4.69, 9.17) is 4.52 Å². The highest BCUT2D eigenvalue weighted by Crippen LogP contribution is 2.27. The summed E-state index contributed by atoms with van der Waals surface area (Å²) in [6.07, 6.45) is 3.73. The standard InChI is InChI=1S/C18H28N6O2/c1-5-14-13(15(6-2)26-22-14)11-16(25)24-9-7-12(8-10-24)17-19-18(21-20-17)23(3)4/h12H,5-11H2,1-4H3,(H,19,20,21). The molecule has 1 aliphatic rings. The van der Waals surface area contributed by atoms with Crippen molar-refractivity contribution in [3.63, 3.8) is 0 Å². The third kappa shape index (κ3) is 3.73. The summed E-state index contributed by atoms with van der Waals surface area (Å²) in [5, 5.41) is 11.4. The van der Waals surface area contributed by atoms with Crippen molar-refractivity contribution in [2.75, 3.05) is 32.1 Å². The van der Waals surface area contributed by atoms with Crippen molar-refractivity contribution in [2.24, 2.45) is 0 Å². The van der Waals surface area contributed by atoms with E-state index in [2.05, 4.69) is 20.3 Å². The van der Waals surface area contributed by atoms with Crippen molar-refractivity contribution >= 4 is 11.9 Å². The normalized spacial score (nSPS) is 15.5. The molecule has 0 radical (unpaired) electrons. The molecule has 1 amide bonds. The van der Waals surface area contributed by atoms with Crippen LogP contribution in [-0.4, -0.2) is 58.3 Å². The molecule has 1 saturated heterocycles. The second-order valence-corrected chi connectivity index (χ2v) is 6.99. The van der Waals surface area contributed by atoms with Crippen molar-refractivity contribution in [3.05, 3.63) is 22.8 Å². The van der Waals surface area contributed by atoms with Crippen LogP contribution in [0.5, 0.6) is 0 Å². The van der Waals surface area contributed by atoms with Crippen LogP contribution in [0.3, 0.4) is 0 Å². The highest BCUT2D eigenvalue weighted by Gasteiger charge is 2.27. The van der Waals surface area contributed by atoms with Crippen LogP contribution >= 0.6 is 0 Å². The Kier molecular flexibility index (Phi) is 5.58. The van der Waals surface area contributed by atoms with Crippen LogP contribution in [-0.2, 0) is 24.1 Å². The molecule has 0 bridgehead atoms. The van der Waals surface area contributed by atoms with Crippen LogP contribution in [0.15, 0.2) is 4.52 Å². The second kappa shape index (κ2) is 7.88. The van der Waals surface area contributed by atoms with E-state index in [1.165, 1.54) is 0 Å². The van der Waals surface area contributed by atoms with Crippen molar-refractivity contribution in [3.8, 4) is 0 Å². The van der Waals surface area contributed by atoms with Crippen molar-refractivity contribution in [1.82, 2.24) is 25.2 Å². The van der Waals surface area contributed by atoms with Crippen LogP contribution in [0, 0.1) is 0 Å². The van der Waals surface area contributed by atoms with Gasteiger partial charge >= 0.3 is 0 Å². The number of rotatable bonds is 6. The van der Waals surface area contributed by atoms with E-state index in [9.17, 15) is 4.79 Å². The quantitative estimate of drug-likeness (QED) is 0.846. The summed E-state index contributed by atoms with van der Waals surface area (Å²) in [5.41, 5.74) is 1.89. The lowest BCUT2D eigenvalue weighted by Gasteiger charge is -2.31. The van der Waals surface area contributed by atoms with Gasteiger partial charge in [-0.3, -0.25) is 9.89 Å². The van der Waals surface area contributed by atoms with E-state index in [-0.39, 0.29) is 5.91 Å². The molecule has 26 heavy (non-hydrogen) atoms. The summed E-state index contributed by atoms with van der Waals surface area (Å²) in [6.45, 7) is 5.56. The van der Waals surface area contributed by atoms with Crippen molar-refractivity contribution in [2.45, 2.75) is 51.9 Å². The molecule has 3 rings (SSSR count). The van der Waals surface area contributed by atoms with Gasteiger partial charge in [-0.2, -0.15) is 4.98 Å². The molecule has 0 aromatic carbocycles. The van der Waals surface area contributed by atoms with Gasteiger partial charge in [0, 0.05) is 45.1 Å². The fourth-order valence-electron chi connectivity index (χ4n) is 3.45. The van der Waals surface area contributed by atoms with Gasteiger partial charge in [-0.25, -0.2) is 0 Å². The zero-order valence-corrected chi connectivity index (χ0v) is 16.1. The maximum Gasteiger partial charge on any atom is 0.244 e. The molecule has 0 spiro atoms. The van der Waals surface area contributed by atoms with Gasteiger partial charge in [0.05, 0.1) is 12.1 Å². The van der Waals surface area contributed by atoms with E-state index in [1.807, 2.05) is 37.7 Å². The largest absolute Gasteiger partial charge is 0.361 e. The third-order valence-electron chi connectivity index (χ3n) is 5.06. The Balaban J connectivity index is 1.59.